The van der Waals surface area contributed by atoms with Crippen molar-refractivity contribution in [2.45, 2.75) is 26.4 Å². The van der Waals surface area contributed by atoms with Crippen molar-refractivity contribution in [2.75, 3.05) is 0 Å². The smallest absolute Gasteiger partial charge is 0.330 e. The minimum Gasteiger partial charge on any atom is -0.508 e. The van der Waals surface area contributed by atoms with E-state index in [0.717, 1.165) is 11.6 Å². The predicted octanol–water partition coefficient (Wildman–Crippen LogP) is 3.55. The molecule has 0 amide bonds. The summed E-state index contributed by atoms with van der Waals surface area (Å²) in [5.41, 5.74) is 0.624. The first-order valence-corrected chi connectivity index (χ1v) is 5.55. The molecule has 1 N–H and O–H groups in total. The standard InChI is InChI=1S/C8H8O.C7H12O2/c1-2-7-3-5-8(9)6-4-7;1-5-6(8)9-7(2,3)4/h2-6,9H,1H2;5H,1H2,2-4H3. The lowest BCUT2D eigenvalue weighted by Gasteiger charge is -2.17. The number of benzene rings is 1. The van der Waals surface area contributed by atoms with E-state index in [4.69, 9.17) is 9.84 Å². The third-order valence-electron chi connectivity index (χ3n) is 1.70. The number of hydrogen-bond acceptors (Lipinski definition) is 3. The molecule has 1 aromatic rings. The van der Waals surface area contributed by atoms with Crippen LogP contribution in [0.5, 0.6) is 5.75 Å². The Bertz CT molecular complexity index is 397. The van der Waals surface area contributed by atoms with Gasteiger partial charge in [0.25, 0.3) is 0 Å². The molecule has 98 valence electrons. The van der Waals surface area contributed by atoms with Crippen LogP contribution in [-0.2, 0) is 9.53 Å². The molecular weight excluding hydrogens is 228 g/mol. The molecule has 0 atom stereocenters. The van der Waals surface area contributed by atoms with Gasteiger partial charge < -0.3 is 9.84 Å². The third kappa shape index (κ3) is 8.16. The SMILES string of the molecule is C=CC(=O)OC(C)(C)C.C=Cc1ccc(O)cc1. The Morgan fingerprint density at radius 2 is 1.72 bits per heavy atom. The molecule has 0 saturated heterocycles. The van der Waals surface area contributed by atoms with Crippen molar-refractivity contribution in [1.82, 2.24) is 0 Å². The van der Waals surface area contributed by atoms with E-state index < -0.39 is 5.60 Å². The lowest BCUT2D eigenvalue weighted by Crippen LogP contribution is -2.22. The highest BCUT2D eigenvalue weighted by atomic mass is 16.6. The number of esters is 1. The van der Waals surface area contributed by atoms with E-state index in [9.17, 15) is 4.79 Å². The molecule has 0 fully saturated rings. The highest BCUT2D eigenvalue weighted by Gasteiger charge is 2.12. The Morgan fingerprint density at radius 1 is 1.22 bits per heavy atom. The van der Waals surface area contributed by atoms with Gasteiger partial charge in [-0.2, -0.15) is 0 Å². The van der Waals surface area contributed by atoms with Crippen LogP contribution < -0.4 is 0 Å². The van der Waals surface area contributed by atoms with E-state index in [1.807, 2.05) is 32.9 Å². The summed E-state index contributed by atoms with van der Waals surface area (Å²) in [5, 5.41) is 8.82. The molecule has 1 aromatic carbocycles. The van der Waals surface area contributed by atoms with Crippen LogP contribution in [0.3, 0.4) is 0 Å². The summed E-state index contributed by atoms with van der Waals surface area (Å²) in [6.07, 6.45) is 2.89. The molecule has 0 aromatic heterocycles. The number of ether oxygens (including phenoxy) is 1. The van der Waals surface area contributed by atoms with E-state index in [-0.39, 0.29) is 5.97 Å². The maximum Gasteiger partial charge on any atom is 0.330 e. The Kier molecular flexibility index (Phi) is 6.50. The molecule has 0 heterocycles. The average Bonchev–Trinajstić information content (AvgIpc) is 2.28. The monoisotopic (exact) mass is 248 g/mol. The zero-order valence-corrected chi connectivity index (χ0v) is 11.1. The summed E-state index contributed by atoms with van der Waals surface area (Å²) in [5.74, 6) is -0.0805. The van der Waals surface area contributed by atoms with Gasteiger partial charge in [-0.05, 0) is 38.5 Å². The predicted molar refractivity (Wildman–Crippen MR) is 74.2 cm³/mol. The molecule has 0 unspecified atom stereocenters. The minimum atomic E-state index is -0.398. The molecule has 0 saturated carbocycles. The summed E-state index contributed by atoms with van der Waals surface area (Å²) in [4.78, 5) is 10.5. The van der Waals surface area contributed by atoms with E-state index in [2.05, 4.69) is 13.2 Å². The fourth-order valence-corrected chi connectivity index (χ4v) is 0.954. The van der Waals surface area contributed by atoms with Crippen LogP contribution in [0.4, 0.5) is 0 Å². The van der Waals surface area contributed by atoms with Crippen LogP contribution in [-0.4, -0.2) is 16.7 Å². The molecule has 3 nitrogen and oxygen atoms in total. The van der Waals surface area contributed by atoms with Gasteiger partial charge in [-0.25, -0.2) is 4.79 Å². The van der Waals surface area contributed by atoms with Crippen LogP contribution in [0.15, 0.2) is 43.5 Å². The topological polar surface area (TPSA) is 46.5 Å². The van der Waals surface area contributed by atoms with E-state index in [1.54, 1.807) is 18.2 Å². The summed E-state index contributed by atoms with van der Waals surface area (Å²) < 4.78 is 4.83. The normalized spacial score (nSPS) is 9.72. The summed E-state index contributed by atoms with van der Waals surface area (Å²) in [6.45, 7) is 12.3. The van der Waals surface area contributed by atoms with Crippen molar-refractivity contribution in [1.29, 1.82) is 0 Å². The number of hydrogen-bond donors (Lipinski definition) is 1. The van der Waals surface area contributed by atoms with Crippen molar-refractivity contribution >= 4 is 12.0 Å². The van der Waals surface area contributed by atoms with Gasteiger partial charge in [-0.15, -0.1) is 0 Å². The quantitative estimate of drug-likeness (QED) is 0.643. The lowest BCUT2D eigenvalue weighted by atomic mass is 10.2. The van der Waals surface area contributed by atoms with Gasteiger partial charge in [0.1, 0.15) is 11.4 Å². The number of phenolic OH excluding ortho intramolecular Hbond substituents is 1. The summed E-state index contributed by atoms with van der Waals surface area (Å²) in [7, 11) is 0. The molecule has 1 rings (SSSR count). The van der Waals surface area contributed by atoms with Gasteiger partial charge >= 0.3 is 5.97 Å². The first kappa shape index (κ1) is 16.0. The first-order chi connectivity index (χ1) is 8.28. The van der Waals surface area contributed by atoms with Crippen LogP contribution >= 0.6 is 0 Å². The van der Waals surface area contributed by atoms with Crippen molar-refractivity contribution in [3.63, 3.8) is 0 Å². The minimum absolute atomic E-state index is 0.292. The first-order valence-electron chi connectivity index (χ1n) is 5.55. The molecule has 3 heteroatoms. The highest BCUT2D eigenvalue weighted by molar-refractivity contribution is 5.81. The molecule has 0 aliphatic heterocycles. The second-order valence-corrected chi connectivity index (χ2v) is 4.53. The van der Waals surface area contributed by atoms with Crippen molar-refractivity contribution in [3.8, 4) is 5.75 Å². The van der Waals surface area contributed by atoms with Gasteiger partial charge in [0.15, 0.2) is 0 Å². The zero-order chi connectivity index (χ0) is 14.2. The molecule has 0 bridgehead atoms. The van der Waals surface area contributed by atoms with Crippen LogP contribution in [0.2, 0.25) is 0 Å². The molecular formula is C15H20O3. The molecule has 0 radical (unpaired) electrons. The van der Waals surface area contributed by atoms with E-state index >= 15 is 0 Å². The fourth-order valence-electron chi connectivity index (χ4n) is 0.954. The molecule has 18 heavy (non-hydrogen) atoms. The number of aromatic hydroxyl groups is 1. The maximum absolute atomic E-state index is 10.5. The highest BCUT2D eigenvalue weighted by Crippen LogP contribution is 2.09. The Hall–Kier alpha value is -2.03. The van der Waals surface area contributed by atoms with Gasteiger partial charge in [0.2, 0.25) is 0 Å². The van der Waals surface area contributed by atoms with Crippen LogP contribution in [0.1, 0.15) is 26.3 Å². The van der Waals surface area contributed by atoms with Gasteiger partial charge in [0, 0.05) is 6.08 Å². The number of carbonyl (C=O) groups excluding carboxylic acids is 1. The lowest BCUT2D eigenvalue weighted by molar-refractivity contribution is -0.148. The largest absolute Gasteiger partial charge is 0.508 e. The van der Waals surface area contributed by atoms with E-state index in [1.165, 1.54) is 0 Å². The number of rotatable bonds is 2. The van der Waals surface area contributed by atoms with Gasteiger partial charge in [-0.3, -0.25) is 0 Å². The van der Waals surface area contributed by atoms with Gasteiger partial charge in [-0.1, -0.05) is 31.4 Å². The zero-order valence-electron chi connectivity index (χ0n) is 11.1. The second-order valence-electron chi connectivity index (χ2n) is 4.53. The summed E-state index contributed by atoms with van der Waals surface area (Å²) >= 11 is 0. The fraction of sp³-hybridized carbons (Fsp3) is 0.267. The van der Waals surface area contributed by atoms with Crippen molar-refractivity contribution < 1.29 is 14.6 Å². The number of carbonyl (C=O) groups is 1. The van der Waals surface area contributed by atoms with Crippen molar-refractivity contribution in [3.05, 3.63) is 49.1 Å². The maximum atomic E-state index is 10.5. The van der Waals surface area contributed by atoms with Gasteiger partial charge in [0.05, 0.1) is 0 Å². The third-order valence-corrected chi connectivity index (χ3v) is 1.70. The van der Waals surface area contributed by atoms with Crippen LogP contribution in [0.25, 0.3) is 6.08 Å². The van der Waals surface area contributed by atoms with Crippen LogP contribution in [0, 0.1) is 0 Å². The number of phenols is 1. The Morgan fingerprint density at radius 3 is 2.00 bits per heavy atom. The molecule has 0 spiro atoms. The second kappa shape index (κ2) is 7.33. The van der Waals surface area contributed by atoms with Crippen molar-refractivity contribution in [2.24, 2.45) is 0 Å². The average molecular weight is 248 g/mol. The summed E-state index contributed by atoms with van der Waals surface area (Å²) in [6, 6.07) is 6.89. The Labute approximate surface area is 108 Å². The molecule has 0 aliphatic carbocycles. The van der Waals surface area contributed by atoms with E-state index in [0.29, 0.717) is 5.75 Å². The molecule has 0 aliphatic rings. The Balaban J connectivity index is 0.000000321.